The van der Waals surface area contributed by atoms with Gasteiger partial charge in [0.1, 0.15) is 12.0 Å². The molecule has 1 aromatic carbocycles. The van der Waals surface area contributed by atoms with Crippen molar-refractivity contribution in [1.29, 1.82) is 0 Å². The van der Waals surface area contributed by atoms with Gasteiger partial charge in [-0.1, -0.05) is 18.2 Å². The fourth-order valence-corrected chi connectivity index (χ4v) is 3.21. The van der Waals surface area contributed by atoms with Gasteiger partial charge in [-0.15, -0.1) is 0 Å². The van der Waals surface area contributed by atoms with Crippen molar-refractivity contribution in [3.8, 4) is 0 Å². The molecular formula is C15H18FN5OS. The summed E-state index contributed by atoms with van der Waals surface area (Å²) in [4.78, 5) is 15.8. The van der Waals surface area contributed by atoms with Crippen LogP contribution in [0.4, 0.5) is 9.18 Å². The van der Waals surface area contributed by atoms with Crippen molar-refractivity contribution in [3.05, 3.63) is 35.6 Å². The molecule has 0 radical (unpaired) electrons. The second-order valence-electron chi connectivity index (χ2n) is 5.27. The van der Waals surface area contributed by atoms with Crippen LogP contribution in [0.3, 0.4) is 0 Å². The highest BCUT2D eigenvalue weighted by atomic mass is 32.1. The molecule has 23 heavy (non-hydrogen) atoms. The van der Waals surface area contributed by atoms with Gasteiger partial charge >= 0.3 is 6.03 Å². The first-order valence-corrected chi connectivity index (χ1v) is 7.94. The van der Waals surface area contributed by atoms with E-state index < -0.39 is 0 Å². The lowest BCUT2D eigenvalue weighted by Gasteiger charge is -2.25. The SMILES string of the molecule is CCN1C(=O)N(CC)C2C1NC(=S)N2/N=C/c1ccccc1F. The summed E-state index contributed by atoms with van der Waals surface area (Å²) >= 11 is 5.33. The van der Waals surface area contributed by atoms with E-state index in [1.165, 1.54) is 12.3 Å². The minimum absolute atomic E-state index is 0.0499. The minimum atomic E-state index is -0.351. The smallest absolute Gasteiger partial charge is 0.323 e. The second kappa shape index (κ2) is 6.11. The van der Waals surface area contributed by atoms with Gasteiger partial charge < -0.3 is 10.2 Å². The van der Waals surface area contributed by atoms with Crippen molar-refractivity contribution < 1.29 is 9.18 Å². The largest absolute Gasteiger partial charge is 0.337 e. The Kier molecular flexibility index (Phi) is 4.16. The molecule has 122 valence electrons. The molecule has 2 atom stereocenters. The fourth-order valence-electron chi connectivity index (χ4n) is 2.94. The number of nitrogens with zero attached hydrogens (tertiary/aromatic N) is 4. The molecule has 2 saturated heterocycles. The maximum absolute atomic E-state index is 13.7. The van der Waals surface area contributed by atoms with Crippen LogP contribution in [-0.4, -0.2) is 57.6 Å². The number of thiocarbonyl (C=S) groups is 1. The van der Waals surface area contributed by atoms with E-state index >= 15 is 0 Å². The molecular weight excluding hydrogens is 317 g/mol. The van der Waals surface area contributed by atoms with Crippen LogP contribution in [0.5, 0.6) is 0 Å². The first-order valence-electron chi connectivity index (χ1n) is 7.54. The second-order valence-corrected chi connectivity index (χ2v) is 5.66. The zero-order valence-corrected chi connectivity index (χ0v) is 13.8. The number of carbonyl (C=O) groups is 1. The summed E-state index contributed by atoms with van der Waals surface area (Å²) in [5.74, 6) is -0.351. The first kappa shape index (κ1) is 15.7. The summed E-state index contributed by atoms with van der Waals surface area (Å²) in [6.07, 6.45) is 0.874. The number of hydrogen-bond acceptors (Lipinski definition) is 3. The molecule has 8 heteroatoms. The van der Waals surface area contributed by atoms with E-state index in [-0.39, 0.29) is 24.2 Å². The predicted molar refractivity (Wildman–Crippen MR) is 89.3 cm³/mol. The van der Waals surface area contributed by atoms with Gasteiger partial charge in [0.05, 0.1) is 6.21 Å². The van der Waals surface area contributed by atoms with Crippen LogP contribution in [0.15, 0.2) is 29.4 Å². The quantitative estimate of drug-likeness (QED) is 0.673. The zero-order chi connectivity index (χ0) is 16.6. The van der Waals surface area contributed by atoms with Gasteiger partial charge in [0.25, 0.3) is 0 Å². The van der Waals surface area contributed by atoms with Crippen LogP contribution in [0, 0.1) is 5.82 Å². The highest BCUT2D eigenvalue weighted by molar-refractivity contribution is 7.80. The number of nitrogens with one attached hydrogen (secondary N) is 1. The van der Waals surface area contributed by atoms with Gasteiger partial charge in [-0.2, -0.15) is 5.10 Å². The topological polar surface area (TPSA) is 51.2 Å². The Bertz CT molecular complexity index is 667. The normalized spacial score (nSPS) is 23.9. The number of rotatable bonds is 4. The number of amides is 2. The lowest BCUT2D eigenvalue weighted by molar-refractivity contribution is 0.157. The van der Waals surface area contributed by atoms with Crippen LogP contribution in [0.2, 0.25) is 0 Å². The number of fused-ring (bicyclic) bond motifs is 1. The number of halogens is 1. The predicted octanol–water partition coefficient (Wildman–Crippen LogP) is 1.78. The molecule has 1 N–H and O–H groups in total. The van der Waals surface area contributed by atoms with Gasteiger partial charge in [0.15, 0.2) is 11.3 Å². The maximum Gasteiger partial charge on any atom is 0.323 e. The van der Waals surface area contributed by atoms with Gasteiger partial charge in [-0.3, -0.25) is 4.90 Å². The van der Waals surface area contributed by atoms with Crippen molar-refractivity contribution in [1.82, 2.24) is 20.1 Å². The van der Waals surface area contributed by atoms with Crippen LogP contribution < -0.4 is 5.32 Å². The summed E-state index contributed by atoms with van der Waals surface area (Å²) in [6, 6.07) is 6.33. The van der Waals surface area contributed by atoms with Crippen molar-refractivity contribution >= 4 is 29.6 Å². The van der Waals surface area contributed by atoms with Crippen LogP contribution >= 0.6 is 12.2 Å². The molecule has 0 bridgehead atoms. The standard InChI is InChI=1S/C15H18FN5OS/c1-3-19-12-13(20(4-2)15(19)22)21(14(23)18-12)17-9-10-7-5-6-8-11(10)16/h5-9,12-13H,3-4H2,1-2H3,(H,18,23)/b17-9+. The van der Waals surface area contributed by atoms with E-state index in [0.717, 1.165) is 0 Å². The number of hydrazone groups is 1. The molecule has 6 nitrogen and oxygen atoms in total. The number of hydrogen-bond donors (Lipinski definition) is 1. The Hall–Kier alpha value is -2.22. The van der Waals surface area contributed by atoms with Crippen molar-refractivity contribution in [2.24, 2.45) is 5.10 Å². The lowest BCUT2D eigenvalue weighted by atomic mass is 10.2. The minimum Gasteiger partial charge on any atom is -0.337 e. The van der Waals surface area contributed by atoms with E-state index in [9.17, 15) is 9.18 Å². The molecule has 2 fully saturated rings. The third-order valence-corrected chi connectivity index (χ3v) is 4.37. The molecule has 1 aromatic rings. The third kappa shape index (κ3) is 2.52. The molecule has 2 aliphatic heterocycles. The van der Waals surface area contributed by atoms with Gasteiger partial charge in [0.2, 0.25) is 0 Å². The average molecular weight is 335 g/mol. The van der Waals surface area contributed by atoms with Crippen LogP contribution in [0.1, 0.15) is 19.4 Å². The molecule has 0 spiro atoms. The van der Waals surface area contributed by atoms with Gasteiger partial charge in [0, 0.05) is 18.7 Å². The molecule has 2 unspecified atom stereocenters. The molecule has 0 aromatic heterocycles. The van der Waals surface area contributed by atoms with E-state index in [1.807, 2.05) is 13.8 Å². The van der Waals surface area contributed by atoms with Crippen molar-refractivity contribution in [2.75, 3.05) is 13.1 Å². The summed E-state index contributed by atoms with van der Waals surface area (Å²) in [7, 11) is 0. The first-order chi connectivity index (χ1) is 11.1. The average Bonchev–Trinajstić information content (AvgIpc) is 2.98. The molecule has 3 rings (SSSR count). The van der Waals surface area contributed by atoms with E-state index in [1.54, 1.807) is 33.0 Å². The third-order valence-electron chi connectivity index (χ3n) is 4.07. The molecule has 0 saturated carbocycles. The fraction of sp³-hybridized carbons (Fsp3) is 0.400. The Balaban J connectivity index is 1.89. The summed E-state index contributed by atoms with van der Waals surface area (Å²) in [6.45, 7) is 4.96. The Morgan fingerprint density at radius 1 is 1.30 bits per heavy atom. The monoisotopic (exact) mass is 335 g/mol. The van der Waals surface area contributed by atoms with Gasteiger partial charge in [-0.05, 0) is 32.1 Å². The van der Waals surface area contributed by atoms with E-state index in [2.05, 4.69) is 10.4 Å². The zero-order valence-electron chi connectivity index (χ0n) is 12.9. The van der Waals surface area contributed by atoms with E-state index in [0.29, 0.717) is 23.8 Å². The summed E-state index contributed by atoms with van der Waals surface area (Å²) < 4.78 is 13.7. The highest BCUT2D eigenvalue weighted by Crippen LogP contribution is 2.29. The number of benzene rings is 1. The lowest BCUT2D eigenvalue weighted by Crippen LogP contribution is -2.43. The van der Waals surface area contributed by atoms with Crippen molar-refractivity contribution in [2.45, 2.75) is 26.2 Å². The number of urea groups is 1. The Labute approximate surface area is 139 Å². The van der Waals surface area contributed by atoms with Gasteiger partial charge in [-0.25, -0.2) is 14.2 Å². The summed E-state index contributed by atoms with van der Waals surface area (Å²) in [5, 5.41) is 9.45. The molecule has 2 aliphatic rings. The maximum atomic E-state index is 13.7. The Morgan fingerprint density at radius 2 is 2.00 bits per heavy atom. The molecule has 2 amide bonds. The van der Waals surface area contributed by atoms with Crippen molar-refractivity contribution in [3.63, 3.8) is 0 Å². The van der Waals surface area contributed by atoms with Crippen LogP contribution in [0.25, 0.3) is 0 Å². The molecule has 0 aliphatic carbocycles. The number of likely N-dealkylation sites (N-methyl/N-ethyl adjacent to an activating group) is 2. The summed E-state index contributed by atoms with van der Waals surface area (Å²) in [5.41, 5.74) is 0.374. The molecule has 2 heterocycles. The van der Waals surface area contributed by atoms with Crippen LogP contribution in [-0.2, 0) is 0 Å². The Morgan fingerprint density at radius 3 is 2.65 bits per heavy atom. The highest BCUT2D eigenvalue weighted by Gasteiger charge is 2.53. The van der Waals surface area contributed by atoms with E-state index in [4.69, 9.17) is 12.2 Å². The number of carbonyl (C=O) groups excluding carboxylic acids is 1.